The van der Waals surface area contributed by atoms with Crippen molar-refractivity contribution < 1.29 is 6.11 Å². The molecule has 0 aromatic heterocycles. The van der Waals surface area contributed by atoms with Crippen molar-refractivity contribution in [1.29, 1.82) is 0 Å². The molecule has 0 saturated heterocycles. The SMILES string of the molecule is [2H]c1cc(OC)ccc1C1CC2CCC1C2. The summed E-state index contributed by atoms with van der Waals surface area (Å²) >= 11 is 0. The first-order chi connectivity index (χ1) is 7.78. The number of fused-ring (bicyclic) bond motifs is 2. The van der Waals surface area contributed by atoms with Gasteiger partial charge in [0.2, 0.25) is 0 Å². The van der Waals surface area contributed by atoms with Crippen LogP contribution in [-0.2, 0) is 0 Å². The lowest BCUT2D eigenvalue weighted by Gasteiger charge is -2.22. The van der Waals surface area contributed by atoms with E-state index < -0.39 is 0 Å². The first kappa shape index (κ1) is 8.20. The van der Waals surface area contributed by atoms with Crippen LogP contribution < -0.4 is 4.74 Å². The molecule has 0 radical (unpaired) electrons. The maximum Gasteiger partial charge on any atom is 0.118 e. The van der Waals surface area contributed by atoms with E-state index in [4.69, 9.17) is 6.11 Å². The van der Waals surface area contributed by atoms with Crippen molar-refractivity contribution in [3.8, 4) is 5.75 Å². The average Bonchev–Trinajstić information content (AvgIpc) is 2.90. The molecule has 3 atom stereocenters. The Morgan fingerprint density at radius 1 is 1.27 bits per heavy atom. The summed E-state index contributed by atoms with van der Waals surface area (Å²) in [5.74, 6) is 3.24. The van der Waals surface area contributed by atoms with E-state index in [0.29, 0.717) is 12.0 Å². The first-order valence-electron chi connectivity index (χ1n) is 6.42. The summed E-state index contributed by atoms with van der Waals surface area (Å²) in [5, 5.41) is 0. The average molecular weight is 203 g/mol. The summed E-state index contributed by atoms with van der Waals surface area (Å²) in [6.07, 6.45) is 5.50. The largest absolute Gasteiger partial charge is 0.497 e. The van der Waals surface area contributed by atoms with Crippen molar-refractivity contribution >= 4 is 0 Å². The summed E-state index contributed by atoms with van der Waals surface area (Å²) < 4.78 is 13.2. The summed E-state index contributed by atoms with van der Waals surface area (Å²) in [6.45, 7) is 0. The third-order valence-corrected chi connectivity index (χ3v) is 4.18. The van der Waals surface area contributed by atoms with Crippen LogP contribution in [0.3, 0.4) is 0 Å². The number of methoxy groups -OCH3 is 1. The third-order valence-electron chi connectivity index (χ3n) is 4.18. The minimum atomic E-state index is 0.650. The molecule has 0 spiro atoms. The molecule has 2 aliphatic carbocycles. The Kier molecular flexibility index (Phi) is 1.94. The zero-order chi connectivity index (χ0) is 11.1. The fraction of sp³-hybridized carbons (Fsp3) is 0.571. The summed E-state index contributed by atoms with van der Waals surface area (Å²) in [5.41, 5.74) is 1.24. The summed E-state index contributed by atoms with van der Waals surface area (Å²) in [4.78, 5) is 0. The van der Waals surface area contributed by atoms with Gasteiger partial charge in [0, 0.05) is 0 Å². The molecule has 1 heteroatoms. The van der Waals surface area contributed by atoms with Gasteiger partial charge in [0.25, 0.3) is 0 Å². The minimum absolute atomic E-state index is 0.650. The molecule has 0 aliphatic heterocycles. The second-order valence-corrected chi connectivity index (χ2v) is 4.97. The maximum absolute atomic E-state index is 8.08. The second kappa shape index (κ2) is 3.55. The van der Waals surface area contributed by atoms with E-state index in [1.807, 2.05) is 12.1 Å². The molecule has 2 fully saturated rings. The van der Waals surface area contributed by atoms with Crippen LogP contribution in [-0.4, -0.2) is 7.11 Å². The van der Waals surface area contributed by atoms with Crippen LogP contribution in [0.15, 0.2) is 24.2 Å². The van der Waals surface area contributed by atoms with Gasteiger partial charge in [-0.15, -0.1) is 0 Å². The van der Waals surface area contributed by atoms with Gasteiger partial charge in [-0.3, -0.25) is 0 Å². The Bertz CT molecular complexity index is 402. The van der Waals surface area contributed by atoms with E-state index in [2.05, 4.69) is 6.07 Å². The van der Waals surface area contributed by atoms with Gasteiger partial charge in [0.1, 0.15) is 5.75 Å². The third kappa shape index (κ3) is 1.54. The standard InChI is InChI=1S/C14H18O/c1-15-13-6-4-11(5-7-13)14-9-10-2-3-12(14)8-10/h4-7,10,12,14H,2-3,8-9H2,1H3/i4D. The molecule has 1 aromatic rings. The molecular weight excluding hydrogens is 184 g/mol. The normalized spacial score (nSPS) is 34.2. The van der Waals surface area contributed by atoms with E-state index >= 15 is 0 Å². The van der Waals surface area contributed by atoms with Crippen molar-refractivity contribution in [3.05, 3.63) is 29.8 Å². The van der Waals surface area contributed by atoms with Gasteiger partial charge in [-0.1, -0.05) is 18.5 Å². The molecular formula is C14H18O. The van der Waals surface area contributed by atoms with Gasteiger partial charge in [-0.25, -0.2) is 0 Å². The highest BCUT2D eigenvalue weighted by Crippen LogP contribution is 2.52. The molecule has 0 heterocycles. The van der Waals surface area contributed by atoms with E-state index in [0.717, 1.165) is 17.6 Å². The summed E-state index contributed by atoms with van der Waals surface area (Å²) in [6, 6.07) is 6.62. The number of ether oxygens (including phenoxy) is 1. The Hall–Kier alpha value is -0.980. The van der Waals surface area contributed by atoms with Crippen LogP contribution in [0.1, 0.15) is 38.5 Å². The first-order valence-corrected chi connectivity index (χ1v) is 5.92. The van der Waals surface area contributed by atoms with Gasteiger partial charge in [-0.2, -0.15) is 0 Å². The van der Waals surface area contributed by atoms with E-state index in [-0.39, 0.29) is 0 Å². The smallest absolute Gasteiger partial charge is 0.118 e. The molecule has 15 heavy (non-hydrogen) atoms. The van der Waals surface area contributed by atoms with Crippen LogP contribution >= 0.6 is 0 Å². The predicted molar refractivity (Wildman–Crippen MR) is 61.2 cm³/mol. The van der Waals surface area contributed by atoms with Crippen LogP contribution in [0.2, 0.25) is 0 Å². The zero-order valence-electron chi connectivity index (χ0n) is 10.2. The van der Waals surface area contributed by atoms with Crippen molar-refractivity contribution in [2.75, 3.05) is 7.11 Å². The Balaban J connectivity index is 1.89. The number of benzene rings is 1. The molecule has 80 valence electrons. The zero-order valence-corrected chi connectivity index (χ0v) is 9.20. The molecule has 2 saturated carbocycles. The molecule has 1 aromatic carbocycles. The number of rotatable bonds is 2. The quantitative estimate of drug-likeness (QED) is 0.713. The van der Waals surface area contributed by atoms with Crippen molar-refractivity contribution in [1.82, 2.24) is 0 Å². The van der Waals surface area contributed by atoms with Gasteiger partial charge in [0.15, 0.2) is 0 Å². The molecule has 1 nitrogen and oxygen atoms in total. The van der Waals surface area contributed by atoms with E-state index in [1.165, 1.54) is 31.2 Å². The predicted octanol–water partition coefficient (Wildman–Crippen LogP) is 3.60. The van der Waals surface area contributed by atoms with Gasteiger partial charge in [-0.05, 0) is 54.7 Å². The fourth-order valence-corrected chi connectivity index (χ4v) is 3.41. The lowest BCUT2D eigenvalue weighted by atomic mass is 9.83. The highest BCUT2D eigenvalue weighted by Gasteiger charge is 2.39. The second-order valence-electron chi connectivity index (χ2n) is 4.97. The lowest BCUT2D eigenvalue weighted by Crippen LogP contribution is -2.08. The van der Waals surface area contributed by atoms with Crippen LogP contribution in [0.4, 0.5) is 0 Å². The molecule has 2 aliphatic rings. The van der Waals surface area contributed by atoms with Crippen LogP contribution in [0.5, 0.6) is 5.75 Å². The highest BCUT2D eigenvalue weighted by molar-refractivity contribution is 5.30. The fourth-order valence-electron chi connectivity index (χ4n) is 3.41. The molecule has 2 bridgehead atoms. The maximum atomic E-state index is 8.08. The van der Waals surface area contributed by atoms with Crippen molar-refractivity contribution in [3.63, 3.8) is 0 Å². The topological polar surface area (TPSA) is 9.23 Å². The summed E-state index contributed by atoms with van der Waals surface area (Å²) in [7, 11) is 1.66. The minimum Gasteiger partial charge on any atom is -0.497 e. The molecule has 3 rings (SSSR count). The van der Waals surface area contributed by atoms with Crippen molar-refractivity contribution in [2.45, 2.75) is 31.6 Å². The van der Waals surface area contributed by atoms with Gasteiger partial charge >= 0.3 is 0 Å². The Morgan fingerprint density at radius 3 is 2.80 bits per heavy atom. The Labute approximate surface area is 92.9 Å². The van der Waals surface area contributed by atoms with Gasteiger partial charge < -0.3 is 4.74 Å². The van der Waals surface area contributed by atoms with Gasteiger partial charge in [0.05, 0.1) is 8.48 Å². The van der Waals surface area contributed by atoms with E-state index in [9.17, 15) is 0 Å². The molecule has 0 amide bonds. The molecule has 3 unspecified atom stereocenters. The van der Waals surface area contributed by atoms with E-state index in [1.54, 1.807) is 7.11 Å². The highest BCUT2D eigenvalue weighted by atomic mass is 16.5. The number of hydrogen-bond donors (Lipinski definition) is 0. The van der Waals surface area contributed by atoms with Crippen molar-refractivity contribution in [2.24, 2.45) is 11.8 Å². The lowest BCUT2D eigenvalue weighted by molar-refractivity contribution is 0.409. The molecule has 0 N–H and O–H groups in total. The monoisotopic (exact) mass is 203 g/mol. The number of hydrogen-bond acceptors (Lipinski definition) is 1. The van der Waals surface area contributed by atoms with Crippen LogP contribution in [0.25, 0.3) is 0 Å². The van der Waals surface area contributed by atoms with Crippen LogP contribution in [0, 0.1) is 11.8 Å². The Morgan fingerprint density at radius 2 is 2.20 bits per heavy atom.